The van der Waals surface area contributed by atoms with Crippen molar-refractivity contribution in [2.24, 2.45) is 5.92 Å². The van der Waals surface area contributed by atoms with Gasteiger partial charge in [0.05, 0.1) is 30.6 Å². The van der Waals surface area contributed by atoms with E-state index < -0.39 is 0 Å². The summed E-state index contributed by atoms with van der Waals surface area (Å²) >= 11 is 6.08. The number of hydrogen-bond donors (Lipinski definition) is 0. The Hall–Kier alpha value is -2.08. The summed E-state index contributed by atoms with van der Waals surface area (Å²) in [6.07, 6.45) is -0.00333. The number of para-hydroxylation sites is 1. The van der Waals surface area contributed by atoms with E-state index in [1.54, 1.807) is 10.7 Å². The van der Waals surface area contributed by atoms with Crippen molar-refractivity contribution in [3.05, 3.63) is 40.9 Å². The van der Waals surface area contributed by atoms with Crippen molar-refractivity contribution in [2.45, 2.75) is 33.4 Å². The molecule has 0 aliphatic carbocycles. The molecule has 128 valence electrons. The second kappa shape index (κ2) is 6.81. The van der Waals surface area contributed by atoms with Crippen LogP contribution in [-0.4, -0.2) is 44.8 Å². The Bertz CT molecular complexity index is 740. The minimum absolute atomic E-state index is 0.00333. The maximum absolute atomic E-state index is 12.5. The van der Waals surface area contributed by atoms with Crippen molar-refractivity contribution < 1.29 is 9.53 Å². The first kappa shape index (κ1) is 16.8. The summed E-state index contributed by atoms with van der Waals surface area (Å²) in [7, 11) is 0. The van der Waals surface area contributed by atoms with Crippen molar-refractivity contribution in [3.8, 4) is 5.75 Å². The van der Waals surface area contributed by atoms with E-state index in [4.69, 9.17) is 16.3 Å². The van der Waals surface area contributed by atoms with Gasteiger partial charge in [-0.1, -0.05) is 30.7 Å². The third-order valence-corrected chi connectivity index (χ3v) is 4.43. The maximum atomic E-state index is 12.5. The van der Waals surface area contributed by atoms with E-state index in [-0.39, 0.29) is 17.9 Å². The van der Waals surface area contributed by atoms with Gasteiger partial charge in [0.25, 0.3) is 0 Å². The molecule has 7 heteroatoms. The molecule has 24 heavy (non-hydrogen) atoms. The molecule has 1 atom stereocenters. The molecule has 6 nitrogen and oxygen atoms in total. The van der Waals surface area contributed by atoms with E-state index in [0.29, 0.717) is 30.4 Å². The Morgan fingerprint density at radius 1 is 1.38 bits per heavy atom. The van der Waals surface area contributed by atoms with Crippen molar-refractivity contribution >= 4 is 17.5 Å². The van der Waals surface area contributed by atoms with Crippen LogP contribution in [0.2, 0.25) is 5.02 Å². The van der Waals surface area contributed by atoms with Gasteiger partial charge in [-0.2, -0.15) is 5.10 Å². The summed E-state index contributed by atoms with van der Waals surface area (Å²) in [6, 6.07) is 7.38. The summed E-state index contributed by atoms with van der Waals surface area (Å²) in [5.41, 5.74) is 0. The van der Waals surface area contributed by atoms with Crippen LogP contribution in [0, 0.1) is 19.8 Å². The van der Waals surface area contributed by atoms with Crippen molar-refractivity contribution in [3.63, 3.8) is 0 Å². The highest BCUT2D eigenvalue weighted by Gasteiger charge is 2.34. The molecule has 1 aliphatic heterocycles. The van der Waals surface area contributed by atoms with E-state index in [1.807, 2.05) is 43.9 Å². The molecule has 0 radical (unpaired) electrons. The van der Waals surface area contributed by atoms with E-state index in [9.17, 15) is 4.79 Å². The topological polar surface area (TPSA) is 60.2 Å². The van der Waals surface area contributed by atoms with Gasteiger partial charge >= 0.3 is 0 Å². The van der Waals surface area contributed by atoms with E-state index in [1.165, 1.54) is 0 Å². The second-order valence-electron chi connectivity index (χ2n) is 6.20. The molecule has 0 bridgehead atoms. The van der Waals surface area contributed by atoms with Crippen LogP contribution in [-0.2, 0) is 11.3 Å². The van der Waals surface area contributed by atoms with Gasteiger partial charge in [0.2, 0.25) is 5.91 Å². The van der Waals surface area contributed by atoms with Gasteiger partial charge in [0.15, 0.2) is 0 Å². The first-order valence-corrected chi connectivity index (χ1v) is 8.40. The highest BCUT2D eigenvalue weighted by Crippen LogP contribution is 2.27. The largest absolute Gasteiger partial charge is 0.485 e. The standard InChI is InChI=1S/C17H21ClN4O2/c1-11(8-22-13(3)19-12(2)20-22)17(23)21-9-14(10-21)24-16-7-5-4-6-15(16)18/h4-7,11,14H,8-10H2,1-3H3/t11-/m0/s1. The molecule has 1 aromatic carbocycles. The lowest BCUT2D eigenvalue weighted by Gasteiger charge is -2.40. The molecule has 1 saturated heterocycles. The number of ether oxygens (including phenoxy) is 1. The van der Waals surface area contributed by atoms with Crippen LogP contribution in [0.4, 0.5) is 0 Å². The lowest BCUT2D eigenvalue weighted by Crippen LogP contribution is -2.57. The number of nitrogens with zero attached hydrogens (tertiary/aromatic N) is 4. The van der Waals surface area contributed by atoms with E-state index in [2.05, 4.69) is 10.1 Å². The molecule has 1 amide bonds. The number of halogens is 1. The normalized spacial score (nSPS) is 15.9. The van der Waals surface area contributed by atoms with Crippen LogP contribution >= 0.6 is 11.6 Å². The van der Waals surface area contributed by atoms with Crippen LogP contribution < -0.4 is 4.74 Å². The number of likely N-dealkylation sites (tertiary alicyclic amines) is 1. The van der Waals surface area contributed by atoms with Crippen molar-refractivity contribution in [2.75, 3.05) is 13.1 Å². The number of aryl methyl sites for hydroxylation is 2. The Kier molecular flexibility index (Phi) is 4.76. The number of aromatic nitrogens is 3. The van der Waals surface area contributed by atoms with Crippen LogP contribution in [0.15, 0.2) is 24.3 Å². The molecule has 0 saturated carbocycles. The maximum Gasteiger partial charge on any atom is 0.227 e. The minimum Gasteiger partial charge on any atom is -0.485 e. The van der Waals surface area contributed by atoms with Crippen molar-refractivity contribution in [1.29, 1.82) is 0 Å². The highest BCUT2D eigenvalue weighted by molar-refractivity contribution is 6.32. The van der Waals surface area contributed by atoms with Gasteiger partial charge in [0, 0.05) is 0 Å². The van der Waals surface area contributed by atoms with Crippen LogP contribution in [0.1, 0.15) is 18.6 Å². The predicted octanol–water partition coefficient (Wildman–Crippen LogP) is 2.47. The Morgan fingerprint density at radius 3 is 2.71 bits per heavy atom. The molecule has 0 unspecified atom stereocenters. The number of carbonyl (C=O) groups is 1. The van der Waals surface area contributed by atoms with Crippen LogP contribution in [0.3, 0.4) is 0 Å². The average molecular weight is 349 g/mol. The zero-order valence-electron chi connectivity index (χ0n) is 14.1. The number of rotatable bonds is 5. The molecule has 2 aromatic rings. The fraction of sp³-hybridized carbons (Fsp3) is 0.471. The van der Waals surface area contributed by atoms with Gasteiger partial charge in [0.1, 0.15) is 23.5 Å². The van der Waals surface area contributed by atoms with E-state index in [0.717, 1.165) is 11.6 Å². The highest BCUT2D eigenvalue weighted by atomic mass is 35.5. The molecule has 1 aliphatic rings. The van der Waals surface area contributed by atoms with Crippen LogP contribution in [0.5, 0.6) is 5.75 Å². The average Bonchev–Trinajstić information content (AvgIpc) is 2.81. The molecule has 2 heterocycles. The minimum atomic E-state index is -0.147. The van der Waals surface area contributed by atoms with Crippen molar-refractivity contribution in [1.82, 2.24) is 19.7 Å². The first-order valence-electron chi connectivity index (χ1n) is 8.02. The number of benzene rings is 1. The van der Waals surface area contributed by atoms with Gasteiger partial charge in [-0.15, -0.1) is 0 Å². The van der Waals surface area contributed by atoms with Gasteiger partial charge in [-0.3, -0.25) is 4.79 Å². The quantitative estimate of drug-likeness (QED) is 0.832. The monoisotopic (exact) mass is 348 g/mol. The molecule has 0 N–H and O–H groups in total. The lowest BCUT2D eigenvalue weighted by molar-refractivity contribution is -0.144. The SMILES string of the molecule is Cc1nc(C)n(C[C@H](C)C(=O)N2CC(Oc3ccccc3Cl)C2)n1. The zero-order chi connectivity index (χ0) is 17.3. The van der Waals surface area contributed by atoms with Gasteiger partial charge < -0.3 is 9.64 Å². The third-order valence-electron chi connectivity index (χ3n) is 4.12. The van der Waals surface area contributed by atoms with E-state index >= 15 is 0 Å². The van der Waals surface area contributed by atoms with Gasteiger partial charge in [-0.25, -0.2) is 9.67 Å². The smallest absolute Gasteiger partial charge is 0.227 e. The number of carbonyl (C=O) groups excluding carboxylic acids is 1. The summed E-state index contributed by atoms with van der Waals surface area (Å²) in [4.78, 5) is 18.6. The fourth-order valence-electron chi connectivity index (χ4n) is 2.80. The number of hydrogen-bond acceptors (Lipinski definition) is 4. The molecule has 1 fully saturated rings. The lowest BCUT2D eigenvalue weighted by atomic mass is 10.1. The fourth-order valence-corrected chi connectivity index (χ4v) is 2.98. The summed E-state index contributed by atoms with van der Waals surface area (Å²) < 4.78 is 7.62. The predicted molar refractivity (Wildman–Crippen MR) is 91.1 cm³/mol. The van der Waals surface area contributed by atoms with Crippen LogP contribution in [0.25, 0.3) is 0 Å². The Morgan fingerprint density at radius 2 is 2.08 bits per heavy atom. The summed E-state index contributed by atoms with van der Waals surface area (Å²) in [5.74, 6) is 2.19. The molecular formula is C17H21ClN4O2. The number of amides is 1. The molecule has 1 aromatic heterocycles. The third kappa shape index (κ3) is 3.53. The Labute approximate surface area is 146 Å². The molecular weight excluding hydrogens is 328 g/mol. The molecule has 0 spiro atoms. The Balaban J connectivity index is 1.51. The zero-order valence-corrected chi connectivity index (χ0v) is 14.8. The summed E-state index contributed by atoms with van der Waals surface area (Å²) in [6.45, 7) is 7.38. The van der Waals surface area contributed by atoms with Gasteiger partial charge in [-0.05, 0) is 26.0 Å². The summed E-state index contributed by atoms with van der Waals surface area (Å²) in [5, 5.41) is 4.90. The second-order valence-corrected chi connectivity index (χ2v) is 6.61. The molecule has 3 rings (SSSR count). The first-order chi connectivity index (χ1) is 11.4.